The Kier molecular flexibility index (Phi) is 2.18. The van der Waals surface area contributed by atoms with Gasteiger partial charge in [-0.05, 0) is 27.7 Å². The highest BCUT2D eigenvalue weighted by Crippen LogP contribution is 2.26. The first-order valence-electron chi connectivity index (χ1n) is 6.53. The van der Waals surface area contributed by atoms with Crippen LogP contribution in [0.25, 0.3) is 5.65 Å². The van der Waals surface area contributed by atoms with E-state index >= 15 is 0 Å². The van der Waals surface area contributed by atoms with Crippen molar-refractivity contribution in [2.75, 3.05) is 0 Å². The molecule has 0 radical (unpaired) electrons. The Morgan fingerprint density at radius 1 is 1.05 bits per heavy atom. The van der Waals surface area contributed by atoms with Gasteiger partial charge in [0.15, 0.2) is 11.5 Å². The largest absolute Gasteiger partial charge is 0.258 e. The van der Waals surface area contributed by atoms with Crippen LogP contribution in [0, 0.1) is 20.8 Å². The van der Waals surface area contributed by atoms with Crippen molar-refractivity contribution in [2.24, 2.45) is 10.1 Å². The third-order valence-electron chi connectivity index (χ3n) is 3.48. The van der Waals surface area contributed by atoms with Crippen LogP contribution < -0.4 is 0 Å². The quantitative estimate of drug-likeness (QED) is 0.717. The number of aliphatic imine (C=N–C) groups is 1. The number of rotatable bonds is 1. The maximum absolute atomic E-state index is 4.70. The maximum atomic E-state index is 4.70. The first kappa shape index (κ1) is 11.9. The predicted octanol–water partition coefficient (Wildman–Crippen LogP) is 0.933. The SMILES string of the molecule is CC1=Nn2c(C)nnc2/C1=N\c1c(C)nn2c(C)n[nH]c12. The summed E-state index contributed by atoms with van der Waals surface area (Å²) >= 11 is 0. The lowest BCUT2D eigenvalue weighted by atomic mass is 10.2. The number of aromatic nitrogens is 7. The molecule has 0 aliphatic carbocycles. The zero-order valence-corrected chi connectivity index (χ0v) is 12.1. The number of nitrogens with zero attached hydrogens (tertiary/aromatic N) is 8. The van der Waals surface area contributed by atoms with Crippen molar-refractivity contribution < 1.29 is 0 Å². The van der Waals surface area contributed by atoms with Gasteiger partial charge in [-0.2, -0.15) is 24.5 Å². The van der Waals surface area contributed by atoms with E-state index in [1.54, 1.807) is 9.19 Å². The van der Waals surface area contributed by atoms with E-state index in [-0.39, 0.29) is 0 Å². The molecule has 4 heterocycles. The molecule has 0 spiro atoms. The molecule has 21 heavy (non-hydrogen) atoms. The highest BCUT2D eigenvalue weighted by Gasteiger charge is 2.25. The molecule has 1 aliphatic heterocycles. The summed E-state index contributed by atoms with van der Waals surface area (Å²) in [6.07, 6.45) is 0. The van der Waals surface area contributed by atoms with Gasteiger partial charge in [-0.1, -0.05) is 0 Å². The maximum Gasteiger partial charge on any atom is 0.205 e. The molecule has 3 aromatic heterocycles. The van der Waals surface area contributed by atoms with E-state index in [0.717, 1.165) is 34.4 Å². The zero-order valence-electron chi connectivity index (χ0n) is 12.1. The number of H-pyrrole nitrogens is 1. The first-order chi connectivity index (χ1) is 10.1. The van der Waals surface area contributed by atoms with Gasteiger partial charge in [0.1, 0.15) is 17.2 Å². The number of hydrogen-bond donors (Lipinski definition) is 1. The molecule has 106 valence electrons. The van der Waals surface area contributed by atoms with Crippen molar-refractivity contribution in [1.29, 1.82) is 0 Å². The molecule has 0 aromatic carbocycles. The minimum Gasteiger partial charge on any atom is -0.258 e. The van der Waals surface area contributed by atoms with E-state index in [1.165, 1.54) is 0 Å². The van der Waals surface area contributed by atoms with Gasteiger partial charge in [0.2, 0.25) is 5.82 Å². The molecule has 0 bridgehead atoms. The van der Waals surface area contributed by atoms with Crippen molar-refractivity contribution in [2.45, 2.75) is 27.7 Å². The lowest BCUT2D eigenvalue weighted by Crippen LogP contribution is -2.08. The van der Waals surface area contributed by atoms with Crippen molar-refractivity contribution in [3.63, 3.8) is 0 Å². The van der Waals surface area contributed by atoms with Crippen LogP contribution in [0.4, 0.5) is 5.69 Å². The summed E-state index contributed by atoms with van der Waals surface area (Å²) in [6.45, 7) is 7.56. The van der Waals surface area contributed by atoms with Crippen molar-refractivity contribution in [1.82, 2.24) is 34.7 Å². The van der Waals surface area contributed by atoms with E-state index in [2.05, 4.69) is 30.6 Å². The minimum atomic E-state index is 0.653. The fourth-order valence-electron chi connectivity index (χ4n) is 2.40. The molecular formula is C12H13N9. The van der Waals surface area contributed by atoms with Crippen LogP contribution in [0.5, 0.6) is 0 Å². The Morgan fingerprint density at radius 3 is 2.67 bits per heavy atom. The molecule has 0 saturated carbocycles. The number of hydrogen-bond acceptors (Lipinski definition) is 6. The summed E-state index contributed by atoms with van der Waals surface area (Å²) in [5, 5.41) is 24.1. The number of nitrogens with one attached hydrogen (secondary N) is 1. The smallest absolute Gasteiger partial charge is 0.205 e. The molecule has 0 fully saturated rings. The molecule has 0 amide bonds. The molecule has 9 heteroatoms. The second kappa shape index (κ2) is 3.84. The Balaban J connectivity index is 1.95. The summed E-state index contributed by atoms with van der Waals surface area (Å²) in [5.41, 5.74) is 3.84. The van der Waals surface area contributed by atoms with Gasteiger partial charge in [-0.25, -0.2) is 4.99 Å². The Morgan fingerprint density at radius 2 is 1.86 bits per heavy atom. The third kappa shape index (κ3) is 1.51. The van der Waals surface area contributed by atoms with Crippen LogP contribution >= 0.6 is 0 Å². The zero-order chi connectivity index (χ0) is 14.7. The minimum absolute atomic E-state index is 0.653. The Bertz CT molecular complexity index is 934. The fourth-order valence-corrected chi connectivity index (χ4v) is 2.40. The van der Waals surface area contributed by atoms with E-state index in [9.17, 15) is 0 Å². The van der Waals surface area contributed by atoms with Gasteiger partial charge in [-0.3, -0.25) is 5.10 Å². The van der Waals surface area contributed by atoms with Gasteiger partial charge in [-0.15, -0.1) is 10.2 Å². The molecule has 0 atom stereocenters. The standard InChI is InChI=1S/C12H13N9/c1-5-9(11-16-14-7(3)20(11)18-5)13-10-6(2)19-21-8(4)15-17-12(10)21/h16H,1-4H3/b13-10-. The van der Waals surface area contributed by atoms with Crippen LogP contribution in [-0.4, -0.2) is 46.1 Å². The molecule has 3 aromatic rings. The van der Waals surface area contributed by atoms with Crippen LogP contribution in [-0.2, 0) is 0 Å². The molecule has 0 unspecified atom stereocenters. The van der Waals surface area contributed by atoms with Crippen LogP contribution in [0.1, 0.15) is 30.1 Å². The lowest BCUT2D eigenvalue weighted by Gasteiger charge is -1.95. The third-order valence-corrected chi connectivity index (χ3v) is 3.48. The molecule has 9 nitrogen and oxygen atoms in total. The van der Waals surface area contributed by atoms with E-state index in [4.69, 9.17) is 4.99 Å². The number of aromatic amines is 1. The summed E-state index contributed by atoms with van der Waals surface area (Å²) in [4.78, 5) is 4.70. The van der Waals surface area contributed by atoms with Crippen LogP contribution in [0.15, 0.2) is 10.1 Å². The van der Waals surface area contributed by atoms with Crippen molar-refractivity contribution in [3.05, 3.63) is 23.2 Å². The highest BCUT2D eigenvalue weighted by molar-refractivity contribution is 6.48. The number of aryl methyl sites for hydroxylation is 3. The van der Waals surface area contributed by atoms with Gasteiger partial charge < -0.3 is 0 Å². The average molecular weight is 283 g/mol. The molecule has 0 saturated heterocycles. The Hall–Kier alpha value is -2.84. The predicted molar refractivity (Wildman–Crippen MR) is 76.3 cm³/mol. The van der Waals surface area contributed by atoms with Gasteiger partial charge in [0, 0.05) is 0 Å². The molecule has 1 aliphatic rings. The van der Waals surface area contributed by atoms with E-state index < -0.39 is 0 Å². The molecule has 1 N–H and O–H groups in total. The van der Waals surface area contributed by atoms with Gasteiger partial charge in [0.05, 0.1) is 11.4 Å². The number of fused-ring (bicyclic) bond motifs is 2. The monoisotopic (exact) mass is 283 g/mol. The lowest BCUT2D eigenvalue weighted by molar-refractivity contribution is 0.834. The first-order valence-corrected chi connectivity index (χ1v) is 6.53. The summed E-state index contributed by atoms with van der Waals surface area (Å²) in [7, 11) is 0. The van der Waals surface area contributed by atoms with Crippen LogP contribution in [0.2, 0.25) is 0 Å². The summed E-state index contributed by atoms with van der Waals surface area (Å²) < 4.78 is 3.44. The van der Waals surface area contributed by atoms with E-state index in [1.807, 2.05) is 27.7 Å². The summed E-state index contributed by atoms with van der Waals surface area (Å²) in [6, 6.07) is 0. The Labute approximate surface area is 119 Å². The average Bonchev–Trinajstić information content (AvgIpc) is 3.13. The van der Waals surface area contributed by atoms with Crippen LogP contribution in [0.3, 0.4) is 0 Å². The molecule has 4 rings (SSSR count). The second-order valence-electron chi connectivity index (χ2n) is 4.99. The van der Waals surface area contributed by atoms with E-state index in [0.29, 0.717) is 11.5 Å². The van der Waals surface area contributed by atoms with Gasteiger partial charge >= 0.3 is 0 Å². The summed E-state index contributed by atoms with van der Waals surface area (Å²) in [5.74, 6) is 2.18. The highest BCUT2D eigenvalue weighted by atomic mass is 15.5. The topological polar surface area (TPSA) is 101 Å². The fraction of sp³-hybridized carbons (Fsp3) is 0.333. The van der Waals surface area contributed by atoms with Gasteiger partial charge in [0.25, 0.3) is 0 Å². The molecular weight excluding hydrogens is 270 g/mol. The second-order valence-corrected chi connectivity index (χ2v) is 4.99. The van der Waals surface area contributed by atoms with Crippen molar-refractivity contribution in [3.8, 4) is 0 Å². The van der Waals surface area contributed by atoms with Crippen molar-refractivity contribution >= 4 is 22.8 Å². The normalized spacial score (nSPS) is 16.0.